The lowest BCUT2D eigenvalue weighted by molar-refractivity contribution is -0.123. The van der Waals surface area contributed by atoms with E-state index in [4.69, 9.17) is 24.7 Å². The minimum atomic E-state index is -0.250. The number of pyridine rings is 1. The van der Waals surface area contributed by atoms with Crippen LogP contribution in [0.2, 0.25) is 0 Å². The Morgan fingerprint density at radius 3 is 2.38 bits per heavy atom. The van der Waals surface area contributed by atoms with Crippen molar-refractivity contribution >= 4 is 29.0 Å². The number of hydrogen-bond donors (Lipinski definition) is 3. The quantitative estimate of drug-likeness (QED) is 0.485. The van der Waals surface area contributed by atoms with Crippen molar-refractivity contribution in [1.29, 1.82) is 0 Å². The first-order chi connectivity index (χ1) is 15.3. The lowest BCUT2D eigenvalue weighted by Crippen LogP contribution is -2.27. The highest BCUT2D eigenvalue weighted by atomic mass is 16.5. The van der Waals surface area contributed by atoms with Crippen LogP contribution in [0.3, 0.4) is 0 Å². The number of aliphatic hydroxyl groups excluding tert-OH is 1. The lowest BCUT2D eigenvalue weighted by Gasteiger charge is -2.14. The number of aliphatic hydroxyl groups is 1. The number of aryl methyl sites for hydroxylation is 2. The van der Waals surface area contributed by atoms with E-state index in [2.05, 4.69) is 24.4 Å². The average Bonchev–Trinajstić information content (AvgIpc) is 2.73. The fourth-order valence-electron chi connectivity index (χ4n) is 3.19. The molecule has 0 aliphatic rings. The van der Waals surface area contributed by atoms with Gasteiger partial charge in [-0.3, -0.25) is 9.59 Å². The molecule has 0 spiro atoms. The van der Waals surface area contributed by atoms with Gasteiger partial charge in [-0.1, -0.05) is 0 Å². The molecule has 170 valence electrons. The van der Waals surface area contributed by atoms with E-state index in [0.717, 1.165) is 39.0 Å². The van der Waals surface area contributed by atoms with Crippen LogP contribution in [0, 0.1) is 13.8 Å². The van der Waals surface area contributed by atoms with E-state index in [0.29, 0.717) is 12.3 Å². The molecule has 0 fully saturated rings. The zero-order valence-electron chi connectivity index (χ0n) is 18.8. The van der Waals surface area contributed by atoms with Gasteiger partial charge in [-0.05, 0) is 81.5 Å². The van der Waals surface area contributed by atoms with Crippen LogP contribution >= 0.6 is 0 Å². The van der Waals surface area contributed by atoms with Gasteiger partial charge in [0, 0.05) is 16.6 Å². The third-order valence-corrected chi connectivity index (χ3v) is 4.61. The maximum atomic E-state index is 12.2. The summed E-state index contributed by atoms with van der Waals surface area (Å²) in [5.41, 5.74) is 5.59. The number of rotatable bonds is 7. The van der Waals surface area contributed by atoms with Crippen LogP contribution in [0.15, 0.2) is 42.5 Å². The Labute approximate surface area is 187 Å². The maximum Gasteiger partial charge on any atom is 0.290 e. The number of aromatic nitrogens is 1. The Morgan fingerprint density at radius 1 is 1.12 bits per heavy atom. The summed E-state index contributed by atoms with van der Waals surface area (Å²) in [4.78, 5) is 27.2. The Kier molecular flexibility index (Phi) is 9.12. The molecular weight excluding hydrogens is 410 g/mol. The first-order valence-corrected chi connectivity index (χ1v) is 10.1. The van der Waals surface area contributed by atoms with Crippen molar-refractivity contribution in [3.63, 3.8) is 0 Å². The summed E-state index contributed by atoms with van der Waals surface area (Å²) in [6, 6.07) is 13.7. The molecule has 3 aromatic rings. The van der Waals surface area contributed by atoms with Crippen LogP contribution in [-0.4, -0.2) is 66.3 Å². The van der Waals surface area contributed by atoms with Gasteiger partial charge in [0.2, 0.25) is 5.91 Å². The molecule has 1 heterocycles. The molecule has 0 bridgehead atoms. The number of nitrogens with one attached hydrogen (secondary N) is 1. The van der Waals surface area contributed by atoms with Gasteiger partial charge in [0.25, 0.3) is 6.47 Å². The van der Waals surface area contributed by atoms with Crippen LogP contribution in [0.25, 0.3) is 22.2 Å². The van der Waals surface area contributed by atoms with Gasteiger partial charge in [-0.25, -0.2) is 4.98 Å². The SMILES string of the molecule is Cc1cc2c(C)cc(-c3ccc(OCCO)cc3)nc2cc1NC(=O)CN(C)C.O=CO. The van der Waals surface area contributed by atoms with E-state index in [1.165, 1.54) is 0 Å². The summed E-state index contributed by atoms with van der Waals surface area (Å²) >= 11 is 0. The molecule has 8 nitrogen and oxygen atoms in total. The zero-order chi connectivity index (χ0) is 23.7. The zero-order valence-corrected chi connectivity index (χ0v) is 18.8. The number of carbonyl (C=O) groups excluding carboxylic acids is 1. The average molecular weight is 440 g/mol. The Balaban J connectivity index is 0.00000114. The maximum absolute atomic E-state index is 12.2. The Hall–Kier alpha value is -3.49. The van der Waals surface area contributed by atoms with Crippen molar-refractivity contribution < 1.29 is 24.5 Å². The van der Waals surface area contributed by atoms with Crippen molar-refractivity contribution in [1.82, 2.24) is 9.88 Å². The van der Waals surface area contributed by atoms with Crippen molar-refractivity contribution in [3.05, 3.63) is 53.6 Å². The van der Waals surface area contributed by atoms with Gasteiger partial charge in [0.15, 0.2) is 0 Å². The number of ether oxygens (including phenoxy) is 1. The first-order valence-electron chi connectivity index (χ1n) is 10.1. The van der Waals surface area contributed by atoms with Gasteiger partial charge in [0.05, 0.1) is 24.4 Å². The topological polar surface area (TPSA) is 112 Å². The smallest absolute Gasteiger partial charge is 0.290 e. The fraction of sp³-hybridized carbons (Fsp3) is 0.292. The minimum absolute atomic E-state index is 0.0139. The normalized spacial score (nSPS) is 10.4. The van der Waals surface area contributed by atoms with Crippen LogP contribution < -0.4 is 10.1 Å². The summed E-state index contributed by atoms with van der Waals surface area (Å²) in [7, 11) is 3.73. The number of carboxylic acid groups (broad SMARTS) is 1. The van der Waals surface area contributed by atoms with Gasteiger partial charge in [-0.2, -0.15) is 0 Å². The Bertz CT molecular complexity index is 1070. The first kappa shape index (κ1) is 24.8. The van der Waals surface area contributed by atoms with E-state index in [-0.39, 0.29) is 25.6 Å². The lowest BCUT2D eigenvalue weighted by atomic mass is 10.0. The molecular formula is C24H29N3O5. The number of benzene rings is 2. The predicted molar refractivity (Wildman–Crippen MR) is 125 cm³/mol. The highest BCUT2D eigenvalue weighted by Gasteiger charge is 2.11. The van der Waals surface area contributed by atoms with E-state index >= 15 is 0 Å². The summed E-state index contributed by atoms with van der Waals surface area (Å²) in [6.07, 6.45) is 0. The van der Waals surface area contributed by atoms with Gasteiger partial charge >= 0.3 is 0 Å². The molecule has 32 heavy (non-hydrogen) atoms. The molecule has 2 aromatic carbocycles. The van der Waals surface area contributed by atoms with Crippen molar-refractivity contribution in [2.75, 3.05) is 39.2 Å². The van der Waals surface area contributed by atoms with Gasteiger partial charge in [0.1, 0.15) is 12.4 Å². The summed E-state index contributed by atoms with van der Waals surface area (Å²) < 4.78 is 5.42. The molecule has 8 heteroatoms. The molecule has 0 unspecified atom stereocenters. The molecule has 1 aromatic heterocycles. The molecule has 0 aliphatic carbocycles. The van der Waals surface area contributed by atoms with Gasteiger partial charge < -0.3 is 25.2 Å². The number of amides is 1. The number of hydrogen-bond acceptors (Lipinski definition) is 6. The van der Waals surface area contributed by atoms with E-state index < -0.39 is 0 Å². The molecule has 0 atom stereocenters. The number of fused-ring (bicyclic) bond motifs is 1. The highest BCUT2D eigenvalue weighted by Crippen LogP contribution is 2.29. The standard InChI is InChI=1S/C23H27N3O3.CH2O2/c1-15-12-21(17-5-7-18(8-6-17)29-10-9-27)24-22-13-20(16(2)11-19(15)22)25-23(28)14-26(3)4;2-1-3/h5-8,11-13,27H,9-10,14H2,1-4H3,(H,25,28);1H,(H,2,3). The van der Waals surface area contributed by atoms with E-state index in [1.807, 2.05) is 56.3 Å². The number of carbonyl (C=O) groups is 2. The van der Waals surface area contributed by atoms with Crippen molar-refractivity contribution in [3.8, 4) is 17.0 Å². The summed E-state index contributed by atoms with van der Waals surface area (Å²) in [5.74, 6) is 0.658. The number of anilines is 1. The van der Waals surface area contributed by atoms with Crippen LogP contribution in [0.4, 0.5) is 5.69 Å². The highest BCUT2D eigenvalue weighted by molar-refractivity contribution is 5.96. The fourth-order valence-corrected chi connectivity index (χ4v) is 3.19. The van der Waals surface area contributed by atoms with Crippen molar-refractivity contribution in [2.45, 2.75) is 13.8 Å². The summed E-state index contributed by atoms with van der Waals surface area (Å²) in [6.45, 7) is 4.39. The summed E-state index contributed by atoms with van der Waals surface area (Å²) in [5, 5.41) is 19.8. The third kappa shape index (κ3) is 6.76. The third-order valence-electron chi connectivity index (χ3n) is 4.61. The predicted octanol–water partition coefficient (Wildman–Crippen LogP) is 3.09. The molecule has 0 saturated heterocycles. The van der Waals surface area contributed by atoms with E-state index in [1.54, 1.807) is 0 Å². The molecule has 0 saturated carbocycles. The number of nitrogens with zero attached hydrogens (tertiary/aromatic N) is 2. The monoisotopic (exact) mass is 439 g/mol. The molecule has 0 radical (unpaired) electrons. The largest absolute Gasteiger partial charge is 0.491 e. The van der Waals surface area contributed by atoms with Crippen LogP contribution in [0.5, 0.6) is 5.75 Å². The number of likely N-dealkylation sites (N-methyl/N-ethyl adjacent to an activating group) is 1. The molecule has 1 amide bonds. The van der Waals surface area contributed by atoms with Crippen LogP contribution in [-0.2, 0) is 9.59 Å². The Morgan fingerprint density at radius 2 is 1.78 bits per heavy atom. The second-order valence-electron chi connectivity index (χ2n) is 7.50. The van der Waals surface area contributed by atoms with Crippen LogP contribution in [0.1, 0.15) is 11.1 Å². The second-order valence-corrected chi connectivity index (χ2v) is 7.50. The molecule has 3 rings (SSSR count). The molecule has 0 aliphatic heterocycles. The van der Waals surface area contributed by atoms with Crippen molar-refractivity contribution in [2.24, 2.45) is 0 Å². The van der Waals surface area contributed by atoms with E-state index in [9.17, 15) is 4.79 Å². The minimum Gasteiger partial charge on any atom is -0.491 e. The van der Waals surface area contributed by atoms with Gasteiger partial charge in [-0.15, -0.1) is 0 Å². The second kappa shape index (κ2) is 11.8. The molecule has 3 N–H and O–H groups in total.